The van der Waals surface area contributed by atoms with E-state index in [0.29, 0.717) is 6.04 Å². The lowest BCUT2D eigenvalue weighted by molar-refractivity contribution is 0.107. The molecule has 2 atom stereocenters. The molecule has 5 nitrogen and oxygen atoms in total. The Labute approximate surface area is 90.4 Å². The number of hydrogen-bond donors (Lipinski definition) is 2. The van der Waals surface area contributed by atoms with E-state index in [1.165, 1.54) is 0 Å². The second-order valence-corrected chi connectivity index (χ2v) is 4.05. The normalized spacial score (nSPS) is 27.4. The Kier molecular flexibility index (Phi) is 4.84. The molecule has 0 saturated carbocycles. The highest BCUT2D eigenvalue weighted by atomic mass is 16.6. The average Bonchev–Trinajstić information content (AvgIpc) is 2.20. The van der Waals surface area contributed by atoms with Gasteiger partial charge < -0.3 is 20.1 Å². The zero-order valence-electron chi connectivity index (χ0n) is 9.40. The smallest absolute Gasteiger partial charge is 0.407 e. The minimum atomic E-state index is -0.425. The minimum absolute atomic E-state index is 0.0635. The molecule has 0 aromatic carbocycles. The first kappa shape index (κ1) is 12.3. The van der Waals surface area contributed by atoms with E-state index in [9.17, 15) is 4.79 Å². The molecule has 0 aromatic heterocycles. The van der Waals surface area contributed by atoms with Gasteiger partial charge in [0.1, 0.15) is 6.61 Å². The van der Waals surface area contributed by atoms with Crippen molar-refractivity contribution in [2.75, 3.05) is 26.8 Å². The monoisotopic (exact) mass is 216 g/mol. The predicted molar refractivity (Wildman–Crippen MR) is 56.7 cm³/mol. The first-order valence-electron chi connectivity index (χ1n) is 5.38. The fourth-order valence-corrected chi connectivity index (χ4v) is 1.77. The number of nitrogens with one attached hydrogen (secondary N) is 1. The van der Waals surface area contributed by atoms with Gasteiger partial charge >= 0.3 is 6.09 Å². The zero-order valence-corrected chi connectivity index (χ0v) is 9.40. The molecular weight excluding hydrogens is 196 g/mol. The van der Waals surface area contributed by atoms with Gasteiger partial charge in [0.2, 0.25) is 0 Å². The number of ether oxygens (including phenoxy) is 1. The van der Waals surface area contributed by atoms with Gasteiger partial charge in [-0.1, -0.05) is 0 Å². The third-order valence-electron chi connectivity index (χ3n) is 2.85. The van der Waals surface area contributed by atoms with Crippen molar-refractivity contribution < 1.29 is 14.6 Å². The van der Waals surface area contributed by atoms with Crippen LogP contribution in [0.5, 0.6) is 0 Å². The molecule has 1 aliphatic rings. The number of hydrogen-bond acceptors (Lipinski definition) is 4. The van der Waals surface area contributed by atoms with Crippen molar-refractivity contribution >= 4 is 6.09 Å². The molecule has 0 radical (unpaired) electrons. The molecule has 0 bridgehead atoms. The number of aliphatic hydroxyl groups excluding tert-OH is 1. The summed E-state index contributed by atoms with van der Waals surface area (Å²) in [5, 5.41) is 11.3. The van der Waals surface area contributed by atoms with Gasteiger partial charge in [0.25, 0.3) is 0 Å². The van der Waals surface area contributed by atoms with E-state index in [0.717, 1.165) is 19.4 Å². The Morgan fingerprint density at radius 2 is 2.40 bits per heavy atom. The minimum Gasteiger partial charge on any atom is -0.447 e. The molecule has 1 rings (SSSR count). The summed E-state index contributed by atoms with van der Waals surface area (Å²) in [6.45, 7) is 3.07. The van der Waals surface area contributed by atoms with Crippen LogP contribution < -0.4 is 5.32 Å². The molecule has 0 aliphatic carbocycles. The molecule has 1 amide bonds. The molecular formula is C10H20N2O3. The SMILES string of the molecule is CC1CC(NC(=O)OCCO)CCN1C. The van der Waals surface area contributed by atoms with E-state index in [1.54, 1.807) is 0 Å². The van der Waals surface area contributed by atoms with Crippen LogP contribution in [0.2, 0.25) is 0 Å². The maximum absolute atomic E-state index is 11.2. The van der Waals surface area contributed by atoms with E-state index in [-0.39, 0.29) is 19.3 Å². The third kappa shape index (κ3) is 4.05. The highest BCUT2D eigenvalue weighted by molar-refractivity contribution is 5.67. The molecule has 1 aliphatic heterocycles. The van der Waals surface area contributed by atoms with Gasteiger partial charge in [-0.15, -0.1) is 0 Å². The first-order chi connectivity index (χ1) is 7.13. The second kappa shape index (κ2) is 5.92. The van der Waals surface area contributed by atoms with Crippen molar-refractivity contribution in [2.24, 2.45) is 0 Å². The molecule has 1 fully saturated rings. The summed E-state index contributed by atoms with van der Waals surface area (Å²) < 4.78 is 4.74. The van der Waals surface area contributed by atoms with Gasteiger partial charge in [-0.25, -0.2) is 4.79 Å². The topological polar surface area (TPSA) is 61.8 Å². The van der Waals surface area contributed by atoms with Crippen LogP contribution in [0.3, 0.4) is 0 Å². The Hall–Kier alpha value is -0.810. The number of rotatable bonds is 3. The number of piperidine rings is 1. The Morgan fingerprint density at radius 1 is 1.67 bits per heavy atom. The molecule has 0 aromatic rings. The van der Waals surface area contributed by atoms with Crippen LogP contribution in [-0.4, -0.2) is 55.0 Å². The largest absolute Gasteiger partial charge is 0.447 e. The van der Waals surface area contributed by atoms with Gasteiger partial charge in [0.15, 0.2) is 0 Å². The van der Waals surface area contributed by atoms with E-state index in [4.69, 9.17) is 9.84 Å². The van der Waals surface area contributed by atoms with Crippen LogP contribution in [-0.2, 0) is 4.74 Å². The molecule has 1 heterocycles. The lowest BCUT2D eigenvalue weighted by Gasteiger charge is -2.35. The average molecular weight is 216 g/mol. The van der Waals surface area contributed by atoms with Gasteiger partial charge in [-0.05, 0) is 26.8 Å². The quantitative estimate of drug-likeness (QED) is 0.707. The molecule has 88 valence electrons. The van der Waals surface area contributed by atoms with Gasteiger partial charge in [-0.3, -0.25) is 0 Å². The lowest BCUT2D eigenvalue weighted by atomic mass is 9.99. The van der Waals surface area contributed by atoms with Crippen molar-refractivity contribution in [1.82, 2.24) is 10.2 Å². The van der Waals surface area contributed by atoms with Crippen molar-refractivity contribution in [2.45, 2.75) is 31.8 Å². The number of amides is 1. The molecule has 2 N–H and O–H groups in total. The lowest BCUT2D eigenvalue weighted by Crippen LogP contribution is -2.47. The summed E-state index contributed by atoms with van der Waals surface area (Å²) >= 11 is 0. The first-order valence-corrected chi connectivity index (χ1v) is 5.38. The molecule has 2 unspecified atom stereocenters. The number of carbonyl (C=O) groups is 1. The second-order valence-electron chi connectivity index (χ2n) is 4.05. The standard InChI is InChI=1S/C10H20N2O3/c1-8-7-9(3-4-12(8)2)11-10(14)15-6-5-13/h8-9,13H,3-7H2,1-2H3,(H,11,14). The number of likely N-dealkylation sites (tertiary alicyclic amines) is 1. The van der Waals surface area contributed by atoms with Crippen molar-refractivity contribution in [3.05, 3.63) is 0 Å². The molecule has 1 saturated heterocycles. The van der Waals surface area contributed by atoms with E-state index in [1.807, 2.05) is 0 Å². The summed E-state index contributed by atoms with van der Waals surface area (Å²) in [7, 11) is 2.09. The van der Waals surface area contributed by atoms with Crippen molar-refractivity contribution in [3.8, 4) is 0 Å². The Balaban J connectivity index is 2.24. The number of nitrogens with zero attached hydrogens (tertiary/aromatic N) is 1. The number of alkyl carbamates (subject to hydrolysis) is 1. The fourth-order valence-electron chi connectivity index (χ4n) is 1.77. The van der Waals surface area contributed by atoms with Crippen molar-refractivity contribution in [3.63, 3.8) is 0 Å². The molecule has 5 heteroatoms. The van der Waals surface area contributed by atoms with Crippen LogP contribution >= 0.6 is 0 Å². The summed E-state index contributed by atoms with van der Waals surface area (Å²) in [5.74, 6) is 0. The van der Waals surface area contributed by atoms with E-state index in [2.05, 4.69) is 24.2 Å². The van der Waals surface area contributed by atoms with Crippen LogP contribution in [0.25, 0.3) is 0 Å². The summed E-state index contributed by atoms with van der Waals surface area (Å²) in [5.41, 5.74) is 0. The Bertz CT molecular complexity index is 211. The zero-order chi connectivity index (χ0) is 11.3. The van der Waals surface area contributed by atoms with Crippen LogP contribution in [0.1, 0.15) is 19.8 Å². The molecule has 15 heavy (non-hydrogen) atoms. The van der Waals surface area contributed by atoms with Crippen LogP contribution in [0.4, 0.5) is 4.79 Å². The van der Waals surface area contributed by atoms with Gasteiger partial charge in [-0.2, -0.15) is 0 Å². The van der Waals surface area contributed by atoms with Gasteiger partial charge in [0, 0.05) is 18.6 Å². The van der Waals surface area contributed by atoms with Crippen LogP contribution in [0.15, 0.2) is 0 Å². The summed E-state index contributed by atoms with van der Waals surface area (Å²) in [6, 6.07) is 0.685. The van der Waals surface area contributed by atoms with Crippen LogP contribution in [0, 0.1) is 0 Å². The number of carbonyl (C=O) groups excluding carboxylic acids is 1. The third-order valence-corrected chi connectivity index (χ3v) is 2.85. The summed E-state index contributed by atoms with van der Waals surface area (Å²) in [6.07, 6.45) is 1.48. The number of aliphatic hydroxyl groups is 1. The van der Waals surface area contributed by atoms with E-state index >= 15 is 0 Å². The highest BCUT2D eigenvalue weighted by Crippen LogP contribution is 2.15. The maximum Gasteiger partial charge on any atom is 0.407 e. The fraction of sp³-hybridized carbons (Fsp3) is 0.900. The highest BCUT2D eigenvalue weighted by Gasteiger charge is 2.24. The maximum atomic E-state index is 11.2. The molecule has 0 spiro atoms. The predicted octanol–water partition coefficient (Wildman–Crippen LogP) is 0.188. The summed E-state index contributed by atoms with van der Waals surface area (Å²) in [4.78, 5) is 13.5. The van der Waals surface area contributed by atoms with Gasteiger partial charge in [0.05, 0.1) is 6.61 Å². The van der Waals surface area contributed by atoms with E-state index < -0.39 is 6.09 Å². The van der Waals surface area contributed by atoms with Crippen molar-refractivity contribution in [1.29, 1.82) is 0 Å². The Morgan fingerprint density at radius 3 is 3.00 bits per heavy atom.